The third-order valence-corrected chi connectivity index (χ3v) is 3.80. The number of thioether (sulfide) groups is 1. The first-order valence-electron chi connectivity index (χ1n) is 6.01. The molecular formula is C12H13F3N2O2S. The molecule has 1 unspecified atom stereocenters. The van der Waals surface area contributed by atoms with E-state index in [2.05, 4.69) is 4.98 Å². The van der Waals surface area contributed by atoms with E-state index in [9.17, 15) is 18.0 Å². The largest absolute Gasteiger partial charge is 0.447 e. The summed E-state index contributed by atoms with van der Waals surface area (Å²) >= 11 is -0.387. The van der Waals surface area contributed by atoms with E-state index in [1.54, 1.807) is 0 Å². The average molecular weight is 306 g/mol. The van der Waals surface area contributed by atoms with E-state index in [-0.39, 0.29) is 34.9 Å². The van der Waals surface area contributed by atoms with Gasteiger partial charge in [-0.1, -0.05) is 0 Å². The second kappa shape index (κ2) is 6.01. The van der Waals surface area contributed by atoms with Crippen LogP contribution >= 0.6 is 11.8 Å². The molecule has 1 saturated heterocycles. The van der Waals surface area contributed by atoms with Crippen LogP contribution in [0.3, 0.4) is 0 Å². The van der Waals surface area contributed by atoms with Crippen molar-refractivity contribution in [1.82, 2.24) is 9.88 Å². The van der Waals surface area contributed by atoms with E-state index in [1.165, 1.54) is 23.2 Å². The molecule has 8 heteroatoms. The number of rotatable bonds is 3. The number of carbonyl (C=O) groups excluding carboxylic acids is 1. The maximum absolute atomic E-state index is 12.4. The summed E-state index contributed by atoms with van der Waals surface area (Å²) in [5.41, 5.74) is -4.53. The Labute approximate surface area is 118 Å². The maximum Gasteiger partial charge on any atom is 0.447 e. The van der Waals surface area contributed by atoms with Gasteiger partial charge in [0.25, 0.3) is 5.91 Å². The molecule has 0 aromatic carbocycles. The van der Waals surface area contributed by atoms with Crippen molar-refractivity contribution >= 4 is 17.7 Å². The number of halogens is 3. The van der Waals surface area contributed by atoms with E-state index in [0.717, 1.165) is 0 Å². The minimum Gasteiger partial charge on any atom is -0.396 e. The Morgan fingerprint density at radius 2 is 2.30 bits per heavy atom. The molecule has 1 amide bonds. The summed E-state index contributed by atoms with van der Waals surface area (Å²) in [5, 5.41) is 8.70. The lowest BCUT2D eigenvalue weighted by Crippen LogP contribution is -2.29. The van der Waals surface area contributed by atoms with Gasteiger partial charge < -0.3 is 10.0 Å². The van der Waals surface area contributed by atoms with E-state index >= 15 is 0 Å². The molecule has 1 fully saturated rings. The van der Waals surface area contributed by atoms with E-state index in [4.69, 9.17) is 5.11 Å². The quantitative estimate of drug-likeness (QED) is 0.869. The standard InChI is InChI=1S/C12H13F3N2O2S/c13-12(14,15)20-10-9(2-1-4-16-10)11(19)17-5-3-8(6-17)7-18/h1-2,4,8,18H,3,5-7H2. The van der Waals surface area contributed by atoms with Crippen molar-refractivity contribution in [2.45, 2.75) is 17.0 Å². The van der Waals surface area contributed by atoms with Crippen LogP contribution in [0.5, 0.6) is 0 Å². The van der Waals surface area contributed by atoms with Gasteiger partial charge in [-0.25, -0.2) is 4.98 Å². The lowest BCUT2D eigenvalue weighted by Gasteiger charge is -2.18. The lowest BCUT2D eigenvalue weighted by molar-refractivity contribution is -0.0329. The number of pyridine rings is 1. The van der Waals surface area contributed by atoms with Gasteiger partial charge in [0.15, 0.2) is 0 Å². The molecule has 0 aliphatic carbocycles. The summed E-state index contributed by atoms with van der Waals surface area (Å²) in [6, 6.07) is 2.78. The summed E-state index contributed by atoms with van der Waals surface area (Å²) in [4.78, 5) is 17.3. The van der Waals surface area contributed by atoms with Gasteiger partial charge in [0, 0.05) is 43.6 Å². The number of hydrogen-bond acceptors (Lipinski definition) is 4. The normalized spacial score (nSPS) is 19.4. The highest BCUT2D eigenvalue weighted by molar-refractivity contribution is 8.00. The molecule has 4 nitrogen and oxygen atoms in total. The zero-order chi connectivity index (χ0) is 14.8. The fourth-order valence-corrected chi connectivity index (χ4v) is 2.68. The summed E-state index contributed by atoms with van der Waals surface area (Å²) in [7, 11) is 0. The molecule has 20 heavy (non-hydrogen) atoms. The minimum atomic E-state index is -4.48. The van der Waals surface area contributed by atoms with Crippen LogP contribution in [0, 0.1) is 5.92 Å². The number of aliphatic hydroxyl groups excluding tert-OH is 1. The molecule has 1 aliphatic rings. The molecule has 1 aromatic rings. The van der Waals surface area contributed by atoms with Gasteiger partial charge in [-0.15, -0.1) is 0 Å². The molecule has 0 bridgehead atoms. The zero-order valence-corrected chi connectivity index (χ0v) is 11.2. The van der Waals surface area contributed by atoms with E-state index in [0.29, 0.717) is 19.5 Å². The number of nitrogens with zero attached hydrogens (tertiary/aromatic N) is 2. The van der Waals surface area contributed by atoms with Crippen molar-refractivity contribution in [3.8, 4) is 0 Å². The Hall–Kier alpha value is -1.28. The number of aromatic nitrogens is 1. The molecular weight excluding hydrogens is 293 g/mol. The van der Waals surface area contributed by atoms with Crippen LogP contribution in [-0.2, 0) is 0 Å². The highest BCUT2D eigenvalue weighted by Gasteiger charge is 2.34. The summed E-state index contributed by atoms with van der Waals surface area (Å²) < 4.78 is 37.3. The number of carbonyl (C=O) groups is 1. The van der Waals surface area contributed by atoms with Crippen LogP contribution < -0.4 is 0 Å². The molecule has 2 heterocycles. The molecule has 1 N–H and O–H groups in total. The first-order chi connectivity index (χ1) is 9.40. The molecule has 1 atom stereocenters. The monoisotopic (exact) mass is 306 g/mol. The Morgan fingerprint density at radius 1 is 1.55 bits per heavy atom. The molecule has 1 aromatic heterocycles. The van der Waals surface area contributed by atoms with Crippen molar-refractivity contribution in [2.24, 2.45) is 5.92 Å². The minimum absolute atomic E-state index is 0.00524. The number of amides is 1. The van der Waals surface area contributed by atoms with Crippen LogP contribution in [0.4, 0.5) is 13.2 Å². The van der Waals surface area contributed by atoms with Crippen LogP contribution in [0.2, 0.25) is 0 Å². The van der Waals surface area contributed by atoms with Gasteiger partial charge >= 0.3 is 5.51 Å². The number of hydrogen-bond donors (Lipinski definition) is 1. The van der Waals surface area contributed by atoms with Gasteiger partial charge in [-0.05, 0) is 18.6 Å². The van der Waals surface area contributed by atoms with Crippen LogP contribution in [-0.4, -0.2) is 46.1 Å². The summed E-state index contributed by atoms with van der Waals surface area (Å²) in [6.07, 6.45) is 1.88. The lowest BCUT2D eigenvalue weighted by atomic mass is 10.1. The van der Waals surface area contributed by atoms with Crippen molar-refractivity contribution in [3.05, 3.63) is 23.9 Å². The molecule has 0 spiro atoms. The predicted octanol–water partition coefficient (Wildman–Crippen LogP) is 2.15. The van der Waals surface area contributed by atoms with Crippen LogP contribution in [0.15, 0.2) is 23.4 Å². The van der Waals surface area contributed by atoms with Crippen molar-refractivity contribution < 1.29 is 23.1 Å². The Kier molecular flexibility index (Phi) is 4.54. The maximum atomic E-state index is 12.4. The predicted molar refractivity (Wildman–Crippen MR) is 67.2 cm³/mol. The average Bonchev–Trinajstić information content (AvgIpc) is 2.85. The Morgan fingerprint density at radius 3 is 2.90 bits per heavy atom. The number of aliphatic hydroxyl groups is 1. The van der Waals surface area contributed by atoms with Crippen molar-refractivity contribution in [2.75, 3.05) is 19.7 Å². The topological polar surface area (TPSA) is 53.4 Å². The van der Waals surface area contributed by atoms with Gasteiger partial charge in [0.05, 0.1) is 5.56 Å². The van der Waals surface area contributed by atoms with Gasteiger partial charge in [0.1, 0.15) is 5.03 Å². The summed E-state index contributed by atoms with van der Waals surface area (Å²) in [5.74, 6) is -0.477. The zero-order valence-electron chi connectivity index (χ0n) is 10.4. The van der Waals surface area contributed by atoms with E-state index in [1.807, 2.05) is 0 Å². The third-order valence-electron chi connectivity index (χ3n) is 3.05. The van der Waals surface area contributed by atoms with E-state index < -0.39 is 11.4 Å². The molecule has 0 radical (unpaired) electrons. The fourth-order valence-electron chi connectivity index (χ4n) is 2.08. The SMILES string of the molecule is O=C(c1cccnc1SC(F)(F)F)N1CCC(CO)C1. The van der Waals surface area contributed by atoms with Crippen molar-refractivity contribution in [3.63, 3.8) is 0 Å². The Balaban J connectivity index is 2.18. The van der Waals surface area contributed by atoms with Gasteiger partial charge in [-0.2, -0.15) is 13.2 Å². The fraction of sp³-hybridized carbons (Fsp3) is 0.500. The van der Waals surface area contributed by atoms with Crippen LogP contribution in [0.1, 0.15) is 16.8 Å². The van der Waals surface area contributed by atoms with Gasteiger partial charge in [-0.3, -0.25) is 4.79 Å². The molecule has 1 aliphatic heterocycles. The highest BCUT2D eigenvalue weighted by Crippen LogP contribution is 2.37. The van der Waals surface area contributed by atoms with Gasteiger partial charge in [0.2, 0.25) is 0 Å². The smallest absolute Gasteiger partial charge is 0.396 e. The highest BCUT2D eigenvalue weighted by atomic mass is 32.2. The second-order valence-corrected chi connectivity index (χ2v) is 5.55. The molecule has 0 saturated carbocycles. The molecule has 110 valence electrons. The number of likely N-dealkylation sites (tertiary alicyclic amines) is 1. The van der Waals surface area contributed by atoms with Crippen LogP contribution in [0.25, 0.3) is 0 Å². The Bertz CT molecular complexity index is 496. The summed E-state index contributed by atoms with van der Waals surface area (Å²) in [6.45, 7) is 0.774. The second-order valence-electron chi connectivity index (χ2n) is 4.49. The number of alkyl halides is 3. The van der Waals surface area contributed by atoms with Crippen molar-refractivity contribution in [1.29, 1.82) is 0 Å². The first-order valence-corrected chi connectivity index (χ1v) is 6.83. The molecule has 2 rings (SSSR count). The third kappa shape index (κ3) is 3.63. The first kappa shape index (κ1) is 15.1.